The topological polar surface area (TPSA) is 59.8 Å². The number of rotatable bonds is 8. The Hall–Kier alpha value is -3.58. The molecule has 0 spiro atoms. The Morgan fingerprint density at radius 2 is 1.88 bits per heavy atom. The van der Waals surface area contributed by atoms with E-state index in [1.165, 1.54) is 28.8 Å². The second-order valence-corrected chi connectivity index (χ2v) is 8.63. The molecular weight excluding hydrogens is 435 g/mol. The van der Waals surface area contributed by atoms with Gasteiger partial charge in [-0.3, -0.25) is 9.48 Å². The molecule has 0 aliphatic heterocycles. The maximum Gasteiger partial charge on any atom is 0.248 e. The second kappa shape index (κ2) is 10.4. The molecule has 4 rings (SSSR count). The van der Waals surface area contributed by atoms with E-state index in [-0.39, 0.29) is 11.7 Å². The largest absolute Gasteiger partial charge is 0.323 e. The zero-order valence-corrected chi connectivity index (χ0v) is 19.4. The number of aryl methyl sites for hydroxylation is 4. The van der Waals surface area contributed by atoms with Gasteiger partial charge in [0.1, 0.15) is 5.82 Å². The average Bonchev–Trinajstić information content (AvgIpc) is 3.44. The maximum atomic E-state index is 13.3. The number of aromatic nitrogens is 3. The highest BCUT2D eigenvalue weighted by Crippen LogP contribution is 2.24. The third-order valence-corrected chi connectivity index (χ3v) is 6.33. The predicted octanol–water partition coefficient (Wildman–Crippen LogP) is 5.68. The summed E-state index contributed by atoms with van der Waals surface area (Å²) in [6, 6.07) is 14.1. The number of anilines is 1. The van der Waals surface area contributed by atoms with Crippen LogP contribution in [0.2, 0.25) is 0 Å². The fourth-order valence-electron chi connectivity index (χ4n) is 3.54. The summed E-state index contributed by atoms with van der Waals surface area (Å²) in [5.74, 6) is -0.525. The highest BCUT2D eigenvalue weighted by molar-refractivity contribution is 7.09. The van der Waals surface area contributed by atoms with Crippen molar-refractivity contribution in [1.82, 2.24) is 14.8 Å². The lowest BCUT2D eigenvalue weighted by Crippen LogP contribution is -2.07. The number of amides is 1. The molecule has 1 N–H and O–H groups in total. The molecule has 33 heavy (non-hydrogen) atoms. The molecule has 0 saturated heterocycles. The third-order valence-electron chi connectivity index (χ3n) is 5.29. The second-order valence-electron chi connectivity index (χ2n) is 7.68. The van der Waals surface area contributed by atoms with E-state index in [1.807, 2.05) is 31.3 Å². The molecular formula is C26H25FN4OS. The molecule has 2 heterocycles. The standard InChI is InChI=1S/C26H25FN4OS/c1-3-25-30-23(17-33-25)14-6-18-4-12-22(13-5-18)29-24(32)15-9-20-16-28-31(2)26(20)19-7-10-21(27)11-8-19/h4-5,7-13,15-17H,3,6,14H2,1-2H3,(H,29,32)/b15-9+. The van der Waals surface area contributed by atoms with Gasteiger partial charge in [-0.25, -0.2) is 9.37 Å². The van der Waals surface area contributed by atoms with Crippen molar-refractivity contribution in [1.29, 1.82) is 0 Å². The lowest BCUT2D eigenvalue weighted by atomic mass is 10.1. The van der Waals surface area contributed by atoms with Gasteiger partial charge < -0.3 is 5.32 Å². The van der Waals surface area contributed by atoms with Crippen LogP contribution in [0, 0.1) is 5.82 Å². The fraction of sp³-hybridized carbons (Fsp3) is 0.192. The van der Waals surface area contributed by atoms with E-state index in [0.717, 1.165) is 47.5 Å². The van der Waals surface area contributed by atoms with Crippen molar-refractivity contribution in [2.75, 3.05) is 5.32 Å². The molecule has 2 aromatic carbocycles. The van der Waals surface area contributed by atoms with Gasteiger partial charge >= 0.3 is 0 Å². The summed E-state index contributed by atoms with van der Waals surface area (Å²) in [4.78, 5) is 17.0. The summed E-state index contributed by atoms with van der Waals surface area (Å²) >= 11 is 1.71. The maximum absolute atomic E-state index is 13.3. The van der Waals surface area contributed by atoms with Crippen LogP contribution in [0.1, 0.15) is 28.8 Å². The molecule has 168 valence electrons. The van der Waals surface area contributed by atoms with E-state index in [9.17, 15) is 9.18 Å². The van der Waals surface area contributed by atoms with Gasteiger partial charge in [-0.2, -0.15) is 5.10 Å². The van der Waals surface area contributed by atoms with Gasteiger partial charge in [0.25, 0.3) is 0 Å². The lowest BCUT2D eigenvalue weighted by molar-refractivity contribution is -0.111. The Morgan fingerprint density at radius 1 is 1.12 bits per heavy atom. The first kappa shape index (κ1) is 22.6. The predicted molar refractivity (Wildman–Crippen MR) is 132 cm³/mol. The van der Waals surface area contributed by atoms with Crippen LogP contribution in [0.5, 0.6) is 0 Å². The summed E-state index contributed by atoms with van der Waals surface area (Å²) < 4.78 is 15.0. The molecule has 5 nitrogen and oxygen atoms in total. The molecule has 7 heteroatoms. The van der Waals surface area contributed by atoms with Crippen LogP contribution < -0.4 is 5.32 Å². The number of hydrogen-bond acceptors (Lipinski definition) is 4. The minimum atomic E-state index is -0.294. The monoisotopic (exact) mass is 460 g/mol. The van der Waals surface area contributed by atoms with E-state index in [0.29, 0.717) is 0 Å². The van der Waals surface area contributed by atoms with Crippen LogP contribution in [0.25, 0.3) is 17.3 Å². The van der Waals surface area contributed by atoms with Crippen molar-refractivity contribution in [3.63, 3.8) is 0 Å². The van der Waals surface area contributed by atoms with Crippen LogP contribution in [-0.4, -0.2) is 20.7 Å². The lowest BCUT2D eigenvalue weighted by Gasteiger charge is -2.05. The zero-order chi connectivity index (χ0) is 23.2. The quantitative estimate of drug-likeness (QED) is 0.344. The van der Waals surface area contributed by atoms with E-state index < -0.39 is 0 Å². The number of carbonyl (C=O) groups excluding carboxylic acids is 1. The summed E-state index contributed by atoms with van der Waals surface area (Å²) in [5, 5.41) is 10.5. The number of nitrogens with zero attached hydrogens (tertiary/aromatic N) is 3. The smallest absolute Gasteiger partial charge is 0.248 e. The first-order valence-electron chi connectivity index (χ1n) is 10.8. The summed E-state index contributed by atoms with van der Waals surface area (Å²) in [5.41, 5.74) is 5.50. The molecule has 0 radical (unpaired) electrons. The fourth-order valence-corrected chi connectivity index (χ4v) is 4.32. The molecule has 0 unspecified atom stereocenters. The van der Waals surface area contributed by atoms with Gasteiger partial charge in [0.2, 0.25) is 5.91 Å². The van der Waals surface area contributed by atoms with E-state index in [4.69, 9.17) is 0 Å². The van der Waals surface area contributed by atoms with Crippen molar-refractivity contribution in [2.45, 2.75) is 26.2 Å². The molecule has 0 aliphatic rings. The third kappa shape index (κ3) is 5.81. The van der Waals surface area contributed by atoms with Gasteiger partial charge in [-0.15, -0.1) is 11.3 Å². The first-order valence-corrected chi connectivity index (χ1v) is 11.7. The van der Waals surface area contributed by atoms with Crippen molar-refractivity contribution in [2.24, 2.45) is 7.05 Å². The van der Waals surface area contributed by atoms with Crippen LogP contribution in [0.15, 0.2) is 66.2 Å². The average molecular weight is 461 g/mol. The number of carbonyl (C=O) groups is 1. The van der Waals surface area contributed by atoms with Crippen molar-refractivity contribution < 1.29 is 9.18 Å². The SMILES string of the molecule is CCc1nc(CCc2ccc(NC(=O)/C=C/c3cnn(C)c3-c3ccc(F)cc3)cc2)cs1. The Kier molecular flexibility index (Phi) is 7.10. The summed E-state index contributed by atoms with van der Waals surface area (Å²) in [6.07, 6.45) is 7.67. The van der Waals surface area contributed by atoms with Crippen LogP contribution in [0.3, 0.4) is 0 Å². The minimum Gasteiger partial charge on any atom is -0.323 e. The van der Waals surface area contributed by atoms with Crippen molar-refractivity contribution in [3.05, 3.63) is 93.8 Å². The van der Waals surface area contributed by atoms with Gasteiger partial charge in [-0.05, 0) is 67.3 Å². The number of nitrogens with one attached hydrogen (secondary N) is 1. The highest BCUT2D eigenvalue weighted by Gasteiger charge is 2.10. The molecule has 0 fully saturated rings. The van der Waals surface area contributed by atoms with Gasteiger partial charge in [0, 0.05) is 35.3 Å². The number of halogens is 1. The Morgan fingerprint density at radius 3 is 2.58 bits per heavy atom. The molecule has 0 saturated carbocycles. The van der Waals surface area contributed by atoms with Gasteiger partial charge in [-0.1, -0.05) is 19.1 Å². The molecule has 0 bridgehead atoms. The minimum absolute atomic E-state index is 0.230. The Balaban J connectivity index is 1.36. The molecule has 4 aromatic rings. The normalized spacial score (nSPS) is 11.2. The number of hydrogen-bond donors (Lipinski definition) is 1. The zero-order valence-electron chi connectivity index (χ0n) is 18.6. The van der Waals surface area contributed by atoms with E-state index in [1.54, 1.807) is 40.4 Å². The Labute approximate surface area is 196 Å². The van der Waals surface area contributed by atoms with Crippen LogP contribution >= 0.6 is 11.3 Å². The van der Waals surface area contributed by atoms with E-state index >= 15 is 0 Å². The van der Waals surface area contributed by atoms with Gasteiger partial charge in [0.05, 0.1) is 22.6 Å². The molecule has 0 atom stereocenters. The highest BCUT2D eigenvalue weighted by atomic mass is 32.1. The van der Waals surface area contributed by atoms with Gasteiger partial charge in [0.15, 0.2) is 0 Å². The van der Waals surface area contributed by atoms with Crippen LogP contribution in [-0.2, 0) is 31.1 Å². The molecule has 2 aromatic heterocycles. The molecule has 0 aliphatic carbocycles. The number of benzene rings is 2. The van der Waals surface area contributed by atoms with E-state index in [2.05, 4.69) is 27.7 Å². The summed E-state index contributed by atoms with van der Waals surface area (Å²) in [7, 11) is 1.81. The summed E-state index contributed by atoms with van der Waals surface area (Å²) in [6.45, 7) is 2.12. The molecule has 1 amide bonds. The first-order chi connectivity index (χ1) is 16.0. The number of thiazole rings is 1. The van der Waals surface area contributed by atoms with Crippen molar-refractivity contribution in [3.8, 4) is 11.3 Å². The Bertz CT molecular complexity index is 1260. The van der Waals surface area contributed by atoms with Crippen LogP contribution in [0.4, 0.5) is 10.1 Å². The van der Waals surface area contributed by atoms with Crippen molar-refractivity contribution >= 4 is 29.0 Å².